The van der Waals surface area contributed by atoms with Crippen molar-refractivity contribution in [1.82, 2.24) is 9.78 Å². The Balaban J connectivity index is 1.89. The summed E-state index contributed by atoms with van der Waals surface area (Å²) in [5.41, 5.74) is -1.05. The molecule has 1 heterocycles. The van der Waals surface area contributed by atoms with E-state index >= 15 is 0 Å². The van der Waals surface area contributed by atoms with Crippen LogP contribution in [-0.4, -0.2) is 15.9 Å². The normalized spacial score (nSPS) is 11.4. The largest absolute Gasteiger partial charge is 0.437 e. The Morgan fingerprint density at radius 3 is 2.29 bits per heavy atom. The number of anilines is 1. The highest BCUT2D eigenvalue weighted by Gasteiger charge is 2.40. The van der Waals surface area contributed by atoms with E-state index in [1.54, 1.807) is 0 Å². The van der Waals surface area contributed by atoms with Crippen molar-refractivity contribution in [3.63, 3.8) is 0 Å². The van der Waals surface area contributed by atoms with Crippen molar-refractivity contribution in [2.45, 2.75) is 6.18 Å². The van der Waals surface area contributed by atoms with Crippen molar-refractivity contribution in [3.8, 4) is 11.4 Å². The molecule has 0 spiro atoms. The zero-order chi connectivity index (χ0) is 20.5. The maximum Gasteiger partial charge on any atom is 0.437 e. The second kappa shape index (κ2) is 7.90. The average Bonchev–Trinajstić information content (AvgIpc) is 3.02. The quantitative estimate of drug-likeness (QED) is 0.498. The number of hydrogen-bond acceptors (Lipinski definition) is 3. The Kier molecular flexibility index (Phi) is 5.74. The van der Waals surface area contributed by atoms with Crippen LogP contribution in [-0.2, 0) is 6.18 Å². The van der Waals surface area contributed by atoms with Crippen LogP contribution in [0, 0.1) is 0 Å². The minimum absolute atomic E-state index is 0.0905. The monoisotopic (exact) mass is 449 g/mol. The summed E-state index contributed by atoms with van der Waals surface area (Å²) < 4.78 is 46.1. The number of rotatable bonds is 3. The lowest BCUT2D eigenvalue weighted by Crippen LogP contribution is -2.20. The maximum atomic E-state index is 13.6. The van der Waals surface area contributed by atoms with E-state index in [9.17, 15) is 18.0 Å². The van der Waals surface area contributed by atoms with Crippen LogP contribution in [0.3, 0.4) is 0 Å². The van der Waals surface area contributed by atoms with E-state index in [1.165, 1.54) is 42.5 Å². The fourth-order valence-electron chi connectivity index (χ4n) is 2.27. The zero-order valence-electron chi connectivity index (χ0n) is 13.6. The van der Waals surface area contributed by atoms with Gasteiger partial charge >= 0.3 is 12.3 Å². The highest BCUT2D eigenvalue weighted by molar-refractivity contribution is 6.36. The van der Waals surface area contributed by atoms with Crippen molar-refractivity contribution < 1.29 is 22.7 Å². The van der Waals surface area contributed by atoms with Gasteiger partial charge in [-0.2, -0.15) is 18.3 Å². The first-order valence-electron chi connectivity index (χ1n) is 7.50. The van der Waals surface area contributed by atoms with Crippen LogP contribution in [0.25, 0.3) is 5.69 Å². The van der Waals surface area contributed by atoms with Gasteiger partial charge in [-0.25, -0.2) is 9.48 Å². The first-order chi connectivity index (χ1) is 13.1. The molecule has 11 heteroatoms. The molecule has 5 nitrogen and oxygen atoms in total. The number of halogens is 6. The summed E-state index contributed by atoms with van der Waals surface area (Å²) >= 11 is 17.4. The first-order valence-corrected chi connectivity index (χ1v) is 8.63. The molecule has 0 aliphatic heterocycles. The third-order valence-electron chi connectivity index (χ3n) is 3.45. The minimum atomic E-state index is -4.84. The van der Waals surface area contributed by atoms with Gasteiger partial charge < -0.3 is 4.74 Å². The summed E-state index contributed by atoms with van der Waals surface area (Å²) in [5, 5.41) is 6.69. The van der Waals surface area contributed by atoms with E-state index in [0.717, 1.165) is 6.20 Å². The number of hydrogen-bond donors (Lipinski definition) is 1. The van der Waals surface area contributed by atoms with E-state index in [2.05, 4.69) is 10.4 Å². The molecule has 0 unspecified atom stereocenters. The summed E-state index contributed by atoms with van der Waals surface area (Å²) in [5.74, 6) is -0.773. The van der Waals surface area contributed by atoms with Crippen molar-refractivity contribution in [2.75, 3.05) is 5.32 Å². The fourth-order valence-corrected chi connectivity index (χ4v) is 2.85. The van der Waals surface area contributed by atoms with Gasteiger partial charge in [0.2, 0.25) is 0 Å². The van der Waals surface area contributed by atoms with Crippen LogP contribution < -0.4 is 10.1 Å². The lowest BCUT2D eigenvalue weighted by atomic mass is 10.3. The van der Waals surface area contributed by atoms with Crippen LogP contribution in [0.15, 0.2) is 48.7 Å². The second-order valence-corrected chi connectivity index (χ2v) is 6.66. The molecule has 0 aliphatic carbocycles. The molecule has 3 aromatic rings. The molecule has 0 atom stereocenters. The Morgan fingerprint density at radius 2 is 1.68 bits per heavy atom. The molecular formula is C17H9Cl3F3N3O2. The highest BCUT2D eigenvalue weighted by atomic mass is 35.5. The Labute approximate surface area is 171 Å². The molecule has 1 N–H and O–H groups in total. The van der Waals surface area contributed by atoms with E-state index < -0.39 is 23.7 Å². The van der Waals surface area contributed by atoms with Gasteiger partial charge in [-0.15, -0.1) is 0 Å². The van der Waals surface area contributed by atoms with E-state index in [1.807, 2.05) is 0 Å². The third kappa shape index (κ3) is 4.52. The lowest BCUT2D eigenvalue weighted by molar-refractivity contribution is -0.143. The standard InChI is InChI=1S/C17H9Cl3F3N3O2/c18-9-1-4-11(5-2-9)26-15(17(21,22)23)14(8-24-26)28-16(27)25-13-6-3-10(19)7-12(13)20/h1-8H,(H,25,27). The summed E-state index contributed by atoms with van der Waals surface area (Å²) in [6.45, 7) is 0. The van der Waals surface area contributed by atoms with Crippen LogP contribution in [0.2, 0.25) is 15.1 Å². The number of ether oxygens (including phenoxy) is 1. The Bertz CT molecular complexity index is 1020. The molecule has 146 valence electrons. The topological polar surface area (TPSA) is 56.1 Å². The first kappa shape index (κ1) is 20.3. The molecule has 0 bridgehead atoms. The fraction of sp³-hybridized carbons (Fsp3) is 0.0588. The Morgan fingerprint density at radius 1 is 1.04 bits per heavy atom. The molecule has 0 radical (unpaired) electrons. The predicted octanol–water partition coefficient (Wildman–Crippen LogP) is 6.46. The molecule has 28 heavy (non-hydrogen) atoms. The number of amides is 1. The molecule has 0 aliphatic rings. The SMILES string of the molecule is O=C(Nc1ccc(Cl)cc1Cl)Oc1cnn(-c2ccc(Cl)cc2)c1C(F)(F)F. The minimum Gasteiger partial charge on any atom is -0.406 e. The van der Waals surface area contributed by atoms with Gasteiger partial charge in [-0.1, -0.05) is 34.8 Å². The summed E-state index contributed by atoms with van der Waals surface area (Å²) in [6, 6.07) is 9.71. The number of nitrogens with zero attached hydrogens (tertiary/aromatic N) is 2. The van der Waals surface area contributed by atoms with Crippen molar-refractivity contribution in [1.29, 1.82) is 0 Å². The molecule has 0 fully saturated rings. The number of carbonyl (C=O) groups excluding carboxylic acids is 1. The predicted molar refractivity (Wildman–Crippen MR) is 99.7 cm³/mol. The Hall–Kier alpha value is -2.42. The van der Waals surface area contributed by atoms with Crippen LogP contribution in [0.1, 0.15) is 5.69 Å². The number of carbonyl (C=O) groups is 1. The van der Waals surface area contributed by atoms with E-state index in [-0.39, 0.29) is 16.4 Å². The maximum absolute atomic E-state index is 13.6. The van der Waals surface area contributed by atoms with Crippen LogP contribution in [0.4, 0.5) is 23.7 Å². The van der Waals surface area contributed by atoms with Crippen LogP contribution in [0.5, 0.6) is 5.75 Å². The van der Waals surface area contributed by atoms with Crippen molar-refractivity contribution >= 4 is 46.6 Å². The molecule has 1 aromatic heterocycles. The second-order valence-electron chi connectivity index (χ2n) is 5.38. The van der Waals surface area contributed by atoms with Gasteiger partial charge in [0.25, 0.3) is 0 Å². The van der Waals surface area contributed by atoms with Gasteiger partial charge in [0.1, 0.15) is 0 Å². The number of alkyl halides is 3. The third-order valence-corrected chi connectivity index (χ3v) is 4.25. The summed E-state index contributed by atoms with van der Waals surface area (Å²) in [6.07, 6.45) is -5.23. The van der Waals surface area contributed by atoms with Crippen molar-refractivity contribution in [3.05, 3.63) is 69.4 Å². The molecule has 3 rings (SSSR count). The van der Waals surface area contributed by atoms with Gasteiger partial charge in [-0.3, -0.25) is 5.32 Å². The smallest absolute Gasteiger partial charge is 0.406 e. The number of nitrogens with one attached hydrogen (secondary N) is 1. The van der Waals surface area contributed by atoms with E-state index in [0.29, 0.717) is 14.7 Å². The molecular weight excluding hydrogens is 442 g/mol. The van der Waals surface area contributed by atoms with Crippen LogP contribution >= 0.6 is 34.8 Å². The summed E-state index contributed by atoms with van der Waals surface area (Å²) in [4.78, 5) is 12.0. The van der Waals surface area contributed by atoms with E-state index in [4.69, 9.17) is 39.5 Å². The zero-order valence-corrected chi connectivity index (χ0v) is 15.9. The van der Waals surface area contributed by atoms with Gasteiger partial charge in [0, 0.05) is 10.0 Å². The molecule has 1 amide bonds. The molecule has 0 saturated carbocycles. The van der Waals surface area contributed by atoms with Gasteiger partial charge in [0.05, 0.1) is 22.6 Å². The molecule has 2 aromatic carbocycles. The van der Waals surface area contributed by atoms with Gasteiger partial charge in [-0.05, 0) is 42.5 Å². The highest BCUT2D eigenvalue weighted by Crippen LogP contribution is 2.38. The lowest BCUT2D eigenvalue weighted by Gasteiger charge is -2.13. The molecule has 0 saturated heterocycles. The number of benzene rings is 2. The summed E-state index contributed by atoms with van der Waals surface area (Å²) in [7, 11) is 0. The number of aromatic nitrogens is 2. The average molecular weight is 451 g/mol. The van der Waals surface area contributed by atoms with Crippen molar-refractivity contribution in [2.24, 2.45) is 0 Å². The van der Waals surface area contributed by atoms with Gasteiger partial charge in [0.15, 0.2) is 11.4 Å².